The Kier molecular flexibility index (Phi) is 6.10. The molecule has 152 valence electrons. The summed E-state index contributed by atoms with van der Waals surface area (Å²) in [4.78, 5) is 22.5. The van der Waals surface area contributed by atoms with Gasteiger partial charge in [-0.05, 0) is 37.1 Å². The number of fused-ring (bicyclic) bond motifs is 1. The summed E-state index contributed by atoms with van der Waals surface area (Å²) in [6.07, 6.45) is 1.87. The number of para-hydroxylation sites is 2. The summed E-state index contributed by atoms with van der Waals surface area (Å²) < 4.78 is 1.75. The molecule has 0 unspecified atom stereocenters. The molecule has 1 amide bonds. The minimum Gasteiger partial charge on any atom is -0.339 e. The third-order valence-corrected chi connectivity index (χ3v) is 5.61. The lowest BCUT2D eigenvalue weighted by molar-refractivity contribution is 0.242. The van der Waals surface area contributed by atoms with Gasteiger partial charge in [-0.15, -0.1) is 0 Å². The predicted molar refractivity (Wildman–Crippen MR) is 118 cm³/mol. The van der Waals surface area contributed by atoms with Crippen molar-refractivity contribution in [3.8, 4) is 0 Å². The average Bonchev–Trinajstić information content (AvgIpc) is 3.17. The summed E-state index contributed by atoms with van der Waals surface area (Å²) in [5.74, 6) is 0.752. The van der Waals surface area contributed by atoms with E-state index in [0.717, 1.165) is 62.5 Å². The number of aromatic nitrogens is 2. The standard InChI is InChI=1S/C23H29N5O/c1-2-26-15-17-27(18-16-26)22-25-20-12-6-7-13-21(20)28(22)23(29)24-14-8-11-19-9-4-3-5-10-19/h3-7,9-10,12-13H,2,8,11,14-18H2,1H3,(H,24,29). The Bertz CT molecular complexity index is 944. The maximum atomic E-state index is 13.1. The smallest absolute Gasteiger partial charge is 0.328 e. The topological polar surface area (TPSA) is 53.4 Å². The largest absolute Gasteiger partial charge is 0.339 e. The first kappa shape index (κ1) is 19.5. The number of anilines is 1. The quantitative estimate of drug-likeness (QED) is 0.655. The van der Waals surface area contributed by atoms with Crippen molar-refractivity contribution < 1.29 is 4.79 Å². The van der Waals surface area contributed by atoms with Crippen LogP contribution in [0.25, 0.3) is 11.0 Å². The number of imidazole rings is 1. The van der Waals surface area contributed by atoms with Gasteiger partial charge in [0.15, 0.2) is 0 Å². The van der Waals surface area contributed by atoms with E-state index in [4.69, 9.17) is 4.98 Å². The van der Waals surface area contributed by atoms with Crippen LogP contribution >= 0.6 is 0 Å². The van der Waals surface area contributed by atoms with E-state index in [1.807, 2.05) is 30.3 Å². The molecule has 2 heterocycles. The maximum absolute atomic E-state index is 13.1. The van der Waals surface area contributed by atoms with Gasteiger partial charge in [0.25, 0.3) is 0 Å². The lowest BCUT2D eigenvalue weighted by Gasteiger charge is -2.34. The minimum atomic E-state index is -0.0975. The molecule has 2 aromatic carbocycles. The molecule has 0 bridgehead atoms. The van der Waals surface area contributed by atoms with Crippen LogP contribution in [0.2, 0.25) is 0 Å². The lowest BCUT2D eigenvalue weighted by Crippen LogP contribution is -2.47. The summed E-state index contributed by atoms with van der Waals surface area (Å²) in [6.45, 7) is 7.66. The molecule has 1 aromatic heterocycles. The van der Waals surface area contributed by atoms with E-state index >= 15 is 0 Å². The van der Waals surface area contributed by atoms with Crippen LogP contribution < -0.4 is 10.2 Å². The Morgan fingerprint density at radius 1 is 1.00 bits per heavy atom. The number of nitrogens with zero attached hydrogens (tertiary/aromatic N) is 4. The summed E-state index contributed by atoms with van der Waals surface area (Å²) in [6, 6.07) is 18.2. The molecule has 0 spiro atoms. The number of carbonyl (C=O) groups is 1. The van der Waals surface area contributed by atoms with Crippen molar-refractivity contribution in [2.45, 2.75) is 19.8 Å². The first-order valence-corrected chi connectivity index (χ1v) is 10.5. The number of hydrogen-bond donors (Lipinski definition) is 1. The number of rotatable bonds is 6. The molecule has 1 aliphatic heterocycles. The van der Waals surface area contributed by atoms with E-state index < -0.39 is 0 Å². The van der Waals surface area contributed by atoms with Gasteiger partial charge in [0, 0.05) is 32.7 Å². The SMILES string of the molecule is CCN1CCN(c2nc3ccccc3n2C(=O)NCCCc2ccccc2)CC1. The third kappa shape index (κ3) is 4.43. The van der Waals surface area contributed by atoms with Gasteiger partial charge in [0.1, 0.15) is 0 Å². The Labute approximate surface area is 172 Å². The molecule has 1 fully saturated rings. The number of amides is 1. The Hall–Kier alpha value is -2.86. The highest BCUT2D eigenvalue weighted by molar-refractivity contribution is 5.93. The molecule has 1 saturated heterocycles. The second-order valence-corrected chi connectivity index (χ2v) is 7.48. The van der Waals surface area contributed by atoms with Crippen LogP contribution in [-0.2, 0) is 6.42 Å². The van der Waals surface area contributed by atoms with Gasteiger partial charge >= 0.3 is 6.03 Å². The number of nitrogens with one attached hydrogen (secondary N) is 1. The van der Waals surface area contributed by atoms with E-state index in [2.05, 4.69) is 46.3 Å². The van der Waals surface area contributed by atoms with Gasteiger partial charge < -0.3 is 15.1 Å². The van der Waals surface area contributed by atoms with Crippen molar-refractivity contribution in [1.29, 1.82) is 0 Å². The van der Waals surface area contributed by atoms with Crippen LogP contribution in [0.5, 0.6) is 0 Å². The number of piperazine rings is 1. The highest BCUT2D eigenvalue weighted by atomic mass is 16.2. The molecule has 6 nitrogen and oxygen atoms in total. The summed E-state index contributed by atoms with van der Waals surface area (Å²) in [5.41, 5.74) is 3.02. The zero-order valence-electron chi connectivity index (χ0n) is 17.1. The van der Waals surface area contributed by atoms with Crippen molar-refractivity contribution in [3.63, 3.8) is 0 Å². The molecule has 0 saturated carbocycles. The number of hydrogen-bond acceptors (Lipinski definition) is 4. The van der Waals surface area contributed by atoms with Gasteiger partial charge in [-0.2, -0.15) is 0 Å². The average molecular weight is 392 g/mol. The van der Waals surface area contributed by atoms with Crippen molar-refractivity contribution in [3.05, 3.63) is 60.2 Å². The van der Waals surface area contributed by atoms with Gasteiger partial charge in [-0.1, -0.05) is 49.4 Å². The second-order valence-electron chi connectivity index (χ2n) is 7.48. The molecular formula is C23H29N5O. The van der Waals surface area contributed by atoms with Crippen LogP contribution in [0.15, 0.2) is 54.6 Å². The van der Waals surface area contributed by atoms with Gasteiger partial charge in [0.05, 0.1) is 11.0 Å². The van der Waals surface area contributed by atoms with Crippen molar-refractivity contribution in [1.82, 2.24) is 19.8 Å². The van der Waals surface area contributed by atoms with Crippen LogP contribution in [0.3, 0.4) is 0 Å². The van der Waals surface area contributed by atoms with Crippen LogP contribution in [0, 0.1) is 0 Å². The first-order chi connectivity index (χ1) is 14.3. The minimum absolute atomic E-state index is 0.0975. The zero-order valence-corrected chi connectivity index (χ0v) is 17.1. The van der Waals surface area contributed by atoms with E-state index in [-0.39, 0.29) is 6.03 Å². The highest BCUT2D eigenvalue weighted by Crippen LogP contribution is 2.23. The second kappa shape index (κ2) is 9.09. The predicted octanol–water partition coefficient (Wildman–Crippen LogP) is 3.37. The molecule has 1 aliphatic rings. The number of likely N-dealkylation sites (N-methyl/N-ethyl adjacent to an activating group) is 1. The number of carbonyl (C=O) groups excluding carboxylic acids is 1. The Morgan fingerprint density at radius 2 is 1.72 bits per heavy atom. The van der Waals surface area contributed by atoms with E-state index in [1.54, 1.807) is 4.57 Å². The Morgan fingerprint density at radius 3 is 2.48 bits per heavy atom. The highest BCUT2D eigenvalue weighted by Gasteiger charge is 2.24. The zero-order chi connectivity index (χ0) is 20.1. The van der Waals surface area contributed by atoms with Crippen molar-refractivity contribution >= 4 is 23.0 Å². The molecule has 0 radical (unpaired) electrons. The molecule has 6 heteroatoms. The lowest BCUT2D eigenvalue weighted by atomic mass is 10.1. The van der Waals surface area contributed by atoms with Crippen LogP contribution in [0.1, 0.15) is 18.9 Å². The molecule has 0 atom stereocenters. The maximum Gasteiger partial charge on any atom is 0.328 e. The molecule has 29 heavy (non-hydrogen) atoms. The van der Waals surface area contributed by atoms with Crippen molar-refractivity contribution in [2.75, 3.05) is 44.2 Å². The van der Waals surface area contributed by atoms with Gasteiger partial charge in [-0.25, -0.2) is 14.3 Å². The van der Waals surface area contributed by atoms with E-state index in [9.17, 15) is 4.79 Å². The fourth-order valence-corrected chi connectivity index (χ4v) is 3.90. The van der Waals surface area contributed by atoms with Gasteiger partial charge in [-0.3, -0.25) is 0 Å². The number of benzene rings is 2. The molecule has 0 aliphatic carbocycles. The van der Waals surface area contributed by atoms with Gasteiger partial charge in [0.2, 0.25) is 5.95 Å². The third-order valence-electron chi connectivity index (χ3n) is 5.61. The van der Waals surface area contributed by atoms with Crippen LogP contribution in [0.4, 0.5) is 10.7 Å². The monoisotopic (exact) mass is 391 g/mol. The van der Waals surface area contributed by atoms with E-state index in [0.29, 0.717) is 6.54 Å². The normalized spacial score (nSPS) is 15.0. The van der Waals surface area contributed by atoms with Crippen LogP contribution in [-0.4, -0.2) is 59.8 Å². The molecular weight excluding hydrogens is 362 g/mol. The van der Waals surface area contributed by atoms with Crippen molar-refractivity contribution in [2.24, 2.45) is 0 Å². The summed E-state index contributed by atoms with van der Waals surface area (Å²) in [5, 5.41) is 3.09. The molecule has 4 rings (SSSR count). The van der Waals surface area contributed by atoms with E-state index in [1.165, 1.54) is 5.56 Å². The Balaban J connectivity index is 1.47. The summed E-state index contributed by atoms with van der Waals surface area (Å²) in [7, 11) is 0. The number of aryl methyl sites for hydroxylation is 1. The molecule has 3 aromatic rings. The fourth-order valence-electron chi connectivity index (χ4n) is 3.90. The molecule has 1 N–H and O–H groups in total. The summed E-state index contributed by atoms with van der Waals surface area (Å²) >= 11 is 0. The first-order valence-electron chi connectivity index (χ1n) is 10.5. The fraction of sp³-hybridized carbons (Fsp3) is 0.391.